The first kappa shape index (κ1) is 23.7. The van der Waals surface area contributed by atoms with Gasteiger partial charge in [0.15, 0.2) is 5.13 Å². The molecule has 0 saturated heterocycles. The molecule has 3 N–H and O–H groups in total. The number of halogens is 1. The molecule has 0 unspecified atom stereocenters. The monoisotopic (exact) mass is 500 g/mol. The molecule has 1 atom stereocenters. The lowest BCUT2D eigenvalue weighted by atomic mass is 10.0. The third-order valence-electron chi connectivity index (χ3n) is 6.10. The van der Waals surface area contributed by atoms with Crippen LogP contribution >= 0.6 is 11.3 Å². The molecule has 36 heavy (non-hydrogen) atoms. The Hall–Kier alpha value is -4.04. The molecule has 0 aliphatic carbocycles. The summed E-state index contributed by atoms with van der Waals surface area (Å²) < 4.78 is 14.6. The summed E-state index contributed by atoms with van der Waals surface area (Å²) in [5.74, 6) is -0.759. The zero-order valence-electron chi connectivity index (χ0n) is 20.1. The van der Waals surface area contributed by atoms with E-state index in [1.165, 1.54) is 23.5 Å². The van der Waals surface area contributed by atoms with Gasteiger partial charge in [0, 0.05) is 23.0 Å². The van der Waals surface area contributed by atoms with Crippen molar-refractivity contribution in [2.75, 3.05) is 5.32 Å². The molecule has 0 saturated carbocycles. The smallest absolute Gasteiger partial charge is 0.253 e. The van der Waals surface area contributed by atoms with Gasteiger partial charge in [0.25, 0.3) is 5.91 Å². The summed E-state index contributed by atoms with van der Waals surface area (Å²) >= 11 is 1.43. The SMILES string of the molecule is CC(C)C(=O)Nc1nc2ccc(-c3ccc4[nH]cc(C(=O)N[C@@H](C)c5cccc(F)c5)c4c3)cc2s1. The molecule has 0 aliphatic heterocycles. The quantitative estimate of drug-likeness (QED) is 0.243. The molecule has 0 radical (unpaired) electrons. The summed E-state index contributed by atoms with van der Waals surface area (Å²) in [6, 6.07) is 17.8. The highest BCUT2D eigenvalue weighted by molar-refractivity contribution is 7.22. The molecule has 5 rings (SSSR count). The number of thiazole rings is 1. The van der Waals surface area contributed by atoms with E-state index in [9.17, 15) is 14.0 Å². The predicted octanol–water partition coefficient (Wildman–Crippen LogP) is 6.67. The standard InChI is InChI=1S/C28H25FN4O2S/c1-15(2)26(34)33-28-32-24-10-8-19(13-25(24)36-28)18-7-9-23-21(12-18)22(14-30-23)27(35)31-16(3)17-5-4-6-20(29)11-17/h4-16,30H,1-3H3,(H,31,35)(H,32,33,34)/t16-/m0/s1. The van der Waals surface area contributed by atoms with Crippen molar-refractivity contribution in [1.29, 1.82) is 0 Å². The Morgan fingerprint density at radius 3 is 2.56 bits per heavy atom. The minimum atomic E-state index is -0.347. The molecule has 8 heteroatoms. The maximum absolute atomic E-state index is 13.6. The number of carbonyl (C=O) groups is 2. The highest BCUT2D eigenvalue weighted by Gasteiger charge is 2.17. The largest absolute Gasteiger partial charge is 0.360 e. The van der Waals surface area contributed by atoms with Gasteiger partial charge in [-0.2, -0.15) is 0 Å². The number of nitrogens with zero attached hydrogens (tertiary/aromatic N) is 1. The van der Waals surface area contributed by atoms with Gasteiger partial charge in [0.05, 0.1) is 21.8 Å². The average Bonchev–Trinajstić information content (AvgIpc) is 3.46. The fraction of sp³-hybridized carbons (Fsp3) is 0.179. The van der Waals surface area contributed by atoms with E-state index in [0.717, 1.165) is 32.2 Å². The van der Waals surface area contributed by atoms with E-state index < -0.39 is 0 Å². The molecular weight excluding hydrogens is 475 g/mol. The van der Waals surface area contributed by atoms with Crippen molar-refractivity contribution in [1.82, 2.24) is 15.3 Å². The third-order valence-corrected chi connectivity index (χ3v) is 7.03. The summed E-state index contributed by atoms with van der Waals surface area (Å²) in [5.41, 5.74) is 4.82. The van der Waals surface area contributed by atoms with Crippen LogP contribution in [0.5, 0.6) is 0 Å². The number of fused-ring (bicyclic) bond motifs is 2. The summed E-state index contributed by atoms with van der Waals surface area (Å²) in [4.78, 5) is 32.8. The van der Waals surface area contributed by atoms with Crippen LogP contribution < -0.4 is 10.6 Å². The van der Waals surface area contributed by atoms with Crippen molar-refractivity contribution in [3.05, 3.63) is 83.8 Å². The molecule has 0 aliphatic rings. The van der Waals surface area contributed by atoms with E-state index >= 15 is 0 Å². The van der Waals surface area contributed by atoms with Crippen LogP contribution in [-0.2, 0) is 4.79 Å². The second kappa shape index (κ2) is 9.54. The zero-order chi connectivity index (χ0) is 25.4. The number of aromatic amines is 1. The predicted molar refractivity (Wildman–Crippen MR) is 143 cm³/mol. The molecule has 182 valence electrons. The number of rotatable bonds is 6. The zero-order valence-corrected chi connectivity index (χ0v) is 20.9. The first-order chi connectivity index (χ1) is 17.3. The summed E-state index contributed by atoms with van der Waals surface area (Å²) in [6.07, 6.45) is 1.69. The highest BCUT2D eigenvalue weighted by atomic mass is 32.1. The Balaban J connectivity index is 1.42. The molecule has 0 fully saturated rings. The molecule has 3 aromatic carbocycles. The molecule has 6 nitrogen and oxygen atoms in total. The number of hydrogen-bond acceptors (Lipinski definition) is 4. The van der Waals surface area contributed by atoms with Crippen molar-refractivity contribution in [2.24, 2.45) is 5.92 Å². The Labute approximate surface area is 211 Å². The Kier molecular flexibility index (Phi) is 6.28. The number of carbonyl (C=O) groups excluding carboxylic acids is 2. The number of benzene rings is 3. The lowest BCUT2D eigenvalue weighted by molar-refractivity contribution is -0.118. The van der Waals surface area contributed by atoms with Crippen LogP contribution in [0.3, 0.4) is 0 Å². The molecular formula is C28H25FN4O2S. The van der Waals surface area contributed by atoms with E-state index in [2.05, 4.69) is 20.6 Å². The minimum Gasteiger partial charge on any atom is -0.360 e. The first-order valence-corrected chi connectivity index (χ1v) is 12.5. The van der Waals surface area contributed by atoms with Gasteiger partial charge in [-0.15, -0.1) is 0 Å². The average molecular weight is 501 g/mol. The van der Waals surface area contributed by atoms with Gasteiger partial charge >= 0.3 is 0 Å². The van der Waals surface area contributed by atoms with Gasteiger partial charge in [-0.1, -0.05) is 49.4 Å². The number of hydrogen-bond donors (Lipinski definition) is 3. The van der Waals surface area contributed by atoms with Crippen LogP contribution in [0.4, 0.5) is 9.52 Å². The van der Waals surface area contributed by atoms with Crippen molar-refractivity contribution in [2.45, 2.75) is 26.8 Å². The second-order valence-electron chi connectivity index (χ2n) is 9.06. The van der Waals surface area contributed by atoms with Gasteiger partial charge in [-0.3, -0.25) is 9.59 Å². The first-order valence-electron chi connectivity index (χ1n) is 11.7. The summed E-state index contributed by atoms with van der Waals surface area (Å²) in [6.45, 7) is 5.51. The number of amides is 2. The van der Waals surface area contributed by atoms with Gasteiger partial charge < -0.3 is 15.6 Å². The van der Waals surface area contributed by atoms with E-state index in [1.807, 2.05) is 57.2 Å². The fourth-order valence-electron chi connectivity index (χ4n) is 4.03. The number of aromatic nitrogens is 2. The Morgan fingerprint density at radius 2 is 1.78 bits per heavy atom. The van der Waals surface area contributed by atoms with Crippen LogP contribution in [0, 0.1) is 11.7 Å². The molecule has 0 bridgehead atoms. The Bertz CT molecular complexity index is 1600. The summed E-state index contributed by atoms with van der Waals surface area (Å²) in [7, 11) is 0. The van der Waals surface area contributed by atoms with Gasteiger partial charge in [-0.05, 0) is 60.0 Å². The van der Waals surface area contributed by atoms with Crippen molar-refractivity contribution in [3.63, 3.8) is 0 Å². The fourth-order valence-corrected chi connectivity index (χ4v) is 4.94. The number of H-pyrrole nitrogens is 1. The van der Waals surface area contributed by atoms with Crippen molar-refractivity contribution in [3.8, 4) is 11.1 Å². The molecule has 0 spiro atoms. The molecule has 2 aromatic heterocycles. The normalized spacial score (nSPS) is 12.2. The van der Waals surface area contributed by atoms with Gasteiger partial charge in [0.1, 0.15) is 5.82 Å². The van der Waals surface area contributed by atoms with Gasteiger partial charge in [-0.25, -0.2) is 9.37 Å². The van der Waals surface area contributed by atoms with E-state index in [1.54, 1.807) is 18.3 Å². The molecule has 2 heterocycles. The number of nitrogens with one attached hydrogen (secondary N) is 3. The lowest BCUT2D eigenvalue weighted by Gasteiger charge is -2.14. The van der Waals surface area contributed by atoms with Crippen LogP contribution in [0.15, 0.2) is 66.9 Å². The number of anilines is 1. The maximum atomic E-state index is 13.6. The summed E-state index contributed by atoms with van der Waals surface area (Å²) in [5, 5.41) is 7.20. The maximum Gasteiger partial charge on any atom is 0.253 e. The van der Waals surface area contributed by atoms with Crippen LogP contribution in [-0.4, -0.2) is 21.8 Å². The van der Waals surface area contributed by atoms with E-state index in [4.69, 9.17) is 0 Å². The van der Waals surface area contributed by atoms with Crippen molar-refractivity contribution >= 4 is 49.4 Å². The van der Waals surface area contributed by atoms with Crippen LogP contribution in [0.1, 0.15) is 42.7 Å². The topological polar surface area (TPSA) is 86.9 Å². The van der Waals surface area contributed by atoms with E-state index in [0.29, 0.717) is 16.3 Å². The molecule has 2 amide bonds. The van der Waals surface area contributed by atoms with Crippen molar-refractivity contribution < 1.29 is 14.0 Å². The molecule has 5 aromatic rings. The van der Waals surface area contributed by atoms with Crippen LogP contribution in [0.25, 0.3) is 32.2 Å². The lowest BCUT2D eigenvalue weighted by Crippen LogP contribution is -2.26. The highest BCUT2D eigenvalue weighted by Crippen LogP contribution is 2.32. The van der Waals surface area contributed by atoms with E-state index in [-0.39, 0.29) is 29.6 Å². The Morgan fingerprint density at radius 1 is 1.00 bits per heavy atom. The second-order valence-corrected chi connectivity index (χ2v) is 10.1. The minimum absolute atomic E-state index is 0.0651. The third kappa shape index (κ3) is 4.72. The van der Waals surface area contributed by atoms with Crippen LogP contribution in [0.2, 0.25) is 0 Å². The van der Waals surface area contributed by atoms with Gasteiger partial charge in [0.2, 0.25) is 5.91 Å².